The lowest BCUT2D eigenvalue weighted by Gasteiger charge is -2.28. The van der Waals surface area contributed by atoms with Gasteiger partial charge in [0, 0.05) is 7.05 Å². The summed E-state index contributed by atoms with van der Waals surface area (Å²) in [6.07, 6.45) is 0. The maximum Gasteiger partial charge on any atom is 0.236 e. The van der Waals surface area contributed by atoms with Gasteiger partial charge in [0.2, 0.25) is 10.0 Å². The van der Waals surface area contributed by atoms with Gasteiger partial charge in [-0.15, -0.1) is 0 Å². The normalized spacial score (nSPS) is 14.1. The Labute approximate surface area is 130 Å². The Hall–Kier alpha value is -2.21. The summed E-state index contributed by atoms with van der Waals surface area (Å²) in [6.45, 7) is 1.43. The van der Waals surface area contributed by atoms with Crippen molar-refractivity contribution in [1.29, 1.82) is 0 Å². The van der Waals surface area contributed by atoms with Gasteiger partial charge >= 0.3 is 0 Å². The number of benzene rings is 2. The van der Waals surface area contributed by atoms with E-state index in [1.165, 1.54) is 0 Å². The molecule has 1 aliphatic heterocycles. The standard InChI is InChI=1S/C16H18N2O3S/c1-18-9-10-21-16-8-7-14(11-15(16)18)17-22(19,20)12-13-5-3-2-4-6-13/h2-8,11,17H,9-10,12H2,1H3. The van der Waals surface area contributed by atoms with E-state index in [1.54, 1.807) is 30.3 Å². The maximum absolute atomic E-state index is 12.3. The Bertz CT molecular complexity index is 760. The number of hydrogen-bond donors (Lipinski definition) is 1. The van der Waals surface area contributed by atoms with Gasteiger partial charge in [0.05, 0.1) is 23.7 Å². The largest absolute Gasteiger partial charge is 0.490 e. The highest BCUT2D eigenvalue weighted by Gasteiger charge is 2.17. The van der Waals surface area contributed by atoms with Crippen LogP contribution in [0.3, 0.4) is 0 Å². The Balaban J connectivity index is 1.79. The molecule has 0 fully saturated rings. The smallest absolute Gasteiger partial charge is 0.236 e. The van der Waals surface area contributed by atoms with E-state index >= 15 is 0 Å². The highest BCUT2D eigenvalue weighted by Crippen LogP contribution is 2.33. The molecule has 6 heteroatoms. The molecule has 0 radical (unpaired) electrons. The third-order valence-electron chi connectivity index (χ3n) is 3.53. The quantitative estimate of drug-likeness (QED) is 0.941. The number of sulfonamides is 1. The second kappa shape index (κ2) is 5.88. The summed E-state index contributed by atoms with van der Waals surface area (Å²) < 4.78 is 32.7. The zero-order valence-corrected chi connectivity index (χ0v) is 13.1. The van der Waals surface area contributed by atoms with Gasteiger partial charge in [-0.3, -0.25) is 4.72 Å². The third kappa shape index (κ3) is 3.33. The summed E-state index contributed by atoms with van der Waals surface area (Å²) >= 11 is 0. The Morgan fingerprint density at radius 3 is 2.73 bits per heavy atom. The van der Waals surface area contributed by atoms with Crippen LogP contribution in [0.25, 0.3) is 0 Å². The van der Waals surface area contributed by atoms with Crippen LogP contribution in [-0.4, -0.2) is 28.6 Å². The van der Waals surface area contributed by atoms with E-state index in [1.807, 2.05) is 30.1 Å². The van der Waals surface area contributed by atoms with Crippen molar-refractivity contribution in [2.45, 2.75) is 5.75 Å². The van der Waals surface area contributed by atoms with Crippen LogP contribution < -0.4 is 14.4 Å². The van der Waals surface area contributed by atoms with Crippen LogP contribution in [0.15, 0.2) is 48.5 Å². The summed E-state index contributed by atoms with van der Waals surface area (Å²) in [4.78, 5) is 2.05. The second-order valence-electron chi connectivity index (χ2n) is 5.30. The van der Waals surface area contributed by atoms with Gasteiger partial charge in [-0.1, -0.05) is 30.3 Å². The topological polar surface area (TPSA) is 58.6 Å². The van der Waals surface area contributed by atoms with E-state index < -0.39 is 10.0 Å². The molecular formula is C16H18N2O3S. The van der Waals surface area contributed by atoms with Crippen molar-refractivity contribution in [3.8, 4) is 5.75 Å². The number of ether oxygens (including phenoxy) is 1. The molecule has 1 aliphatic rings. The summed E-state index contributed by atoms with van der Waals surface area (Å²) in [5, 5.41) is 0. The fourth-order valence-corrected chi connectivity index (χ4v) is 3.61. The molecule has 0 saturated carbocycles. The number of rotatable bonds is 4. The molecule has 0 saturated heterocycles. The lowest BCUT2D eigenvalue weighted by Crippen LogP contribution is -2.28. The van der Waals surface area contributed by atoms with Crippen molar-refractivity contribution in [3.05, 3.63) is 54.1 Å². The van der Waals surface area contributed by atoms with Crippen LogP contribution >= 0.6 is 0 Å². The molecule has 0 aromatic heterocycles. The van der Waals surface area contributed by atoms with Crippen molar-refractivity contribution in [2.24, 2.45) is 0 Å². The van der Waals surface area contributed by atoms with Gasteiger partial charge in [0.1, 0.15) is 12.4 Å². The monoisotopic (exact) mass is 318 g/mol. The van der Waals surface area contributed by atoms with Crippen LogP contribution in [0.1, 0.15) is 5.56 Å². The molecule has 1 N–H and O–H groups in total. The van der Waals surface area contributed by atoms with Crippen molar-refractivity contribution in [2.75, 3.05) is 29.8 Å². The fourth-order valence-electron chi connectivity index (χ4n) is 2.42. The molecule has 1 heterocycles. The first-order valence-electron chi connectivity index (χ1n) is 7.06. The predicted octanol–water partition coefficient (Wildman–Crippen LogP) is 2.46. The first kappa shape index (κ1) is 14.7. The molecule has 0 atom stereocenters. The van der Waals surface area contributed by atoms with Crippen molar-refractivity contribution < 1.29 is 13.2 Å². The lowest BCUT2D eigenvalue weighted by molar-refractivity contribution is 0.311. The molecule has 2 aromatic carbocycles. The van der Waals surface area contributed by atoms with Gasteiger partial charge in [-0.25, -0.2) is 8.42 Å². The van der Waals surface area contributed by atoms with Crippen LogP contribution in [0.2, 0.25) is 0 Å². The lowest BCUT2D eigenvalue weighted by atomic mass is 10.2. The number of nitrogens with one attached hydrogen (secondary N) is 1. The van der Waals surface area contributed by atoms with Gasteiger partial charge in [0.15, 0.2) is 0 Å². The number of anilines is 2. The van der Waals surface area contributed by atoms with Crippen LogP contribution in [0, 0.1) is 0 Å². The second-order valence-corrected chi connectivity index (χ2v) is 7.02. The van der Waals surface area contributed by atoms with E-state index in [9.17, 15) is 8.42 Å². The first-order valence-corrected chi connectivity index (χ1v) is 8.71. The molecule has 116 valence electrons. The predicted molar refractivity (Wildman–Crippen MR) is 87.9 cm³/mol. The average Bonchev–Trinajstić information content (AvgIpc) is 2.48. The minimum absolute atomic E-state index is 0.0444. The minimum Gasteiger partial charge on any atom is -0.490 e. The van der Waals surface area contributed by atoms with Gasteiger partial charge in [-0.2, -0.15) is 0 Å². The van der Waals surface area contributed by atoms with Crippen molar-refractivity contribution in [3.63, 3.8) is 0 Å². The average molecular weight is 318 g/mol. The molecule has 0 aliphatic carbocycles. The zero-order chi connectivity index (χ0) is 15.6. The Morgan fingerprint density at radius 2 is 1.95 bits per heavy atom. The maximum atomic E-state index is 12.3. The number of nitrogens with zero attached hydrogens (tertiary/aromatic N) is 1. The first-order chi connectivity index (χ1) is 10.5. The van der Waals surface area contributed by atoms with Crippen LogP contribution in [0.4, 0.5) is 11.4 Å². The van der Waals surface area contributed by atoms with Crippen molar-refractivity contribution in [1.82, 2.24) is 0 Å². The molecule has 0 amide bonds. The van der Waals surface area contributed by atoms with Crippen LogP contribution in [0.5, 0.6) is 5.75 Å². The summed E-state index contributed by atoms with van der Waals surface area (Å²) in [5.41, 5.74) is 2.20. The van der Waals surface area contributed by atoms with E-state index in [0.717, 1.165) is 23.5 Å². The molecule has 2 aromatic rings. The highest BCUT2D eigenvalue weighted by molar-refractivity contribution is 7.91. The molecule has 0 unspecified atom stereocenters. The van der Waals surface area contributed by atoms with E-state index in [-0.39, 0.29) is 5.75 Å². The molecule has 22 heavy (non-hydrogen) atoms. The minimum atomic E-state index is -3.44. The summed E-state index contributed by atoms with van der Waals surface area (Å²) in [6, 6.07) is 14.4. The third-order valence-corrected chi connectivity index (χ3v) is 4.79. The zero-order valence-electron chi connectivity index (χ0n) is 12.3. The molecule has 0 bridgehead atoms. The molecular weight excluding hydrogens is 300 g/mol. The SMILES string of the molecule is CN1CCOc2ccc(NS(=O)(=O)Cc3ccccc3)cc21. The summed E-state index contributed by atoms with van der Waals surface area (Å²) in [5.74, 6) is 0.733. The van der Waals surface area contributed by atoms with Crippen LogP contribution in [-0.2, 0) is 15.8 Å². The van der Waals surface area contributed by atoms with Gasteiger partial charge in [0.25, 0.3) is 0 Å². The molecule has 3 rings (SSSR count). The molecule has 5 nitrogen and oxygen atoms in total. The number of likely N-dealkylation sites (N-methyl/N-ethyl adjacent to an activating group) is 1. The van der Waals surface area contributed by atoms with E-state index in [4.69, 9.17) is 4.74 Å². The van der Waals surface area contributed by atoms with E-state index in [0.29, 0.717) is 12.3 Å². The number of hydrogen-bond acceptors (Lipinski definition) is 4. The fraction of sp³-hybridized carbons (Fsp3) is 0.250. The van der Waals surface area contributed by atoms with Crippen molar-refractivity contribution >= 4 is 21.4 Å². The highest BCUT2D eigenvalue weighted by atomic mass is 32.2. The van der Waals surface area contributed by atoms with Gasteiger partial charge < -0.3 is 9.64 Å². The Morgan fingerprint density at radius 1 is 1.18 bits per heavy atom. The summed E-state index contributed by atoms with van der Waals surface area (Å²) in [7, 11) is -1.48. The van der Waals surface area contributed by atoms with E-state index in [2.05, 4.69) is 4.72 Å². The Kier molecular flexibility index (Phi) is 3.94. The molecule has 0 spiro atoms. The number of fused-ring (bicyclic) bond motifs is 1. The van der Waals surface area contributed by atoms with Gasteiger partial charge in [-0.05, 0) is 23.8 Å².